The van der Waals surface area contributed by atoms with Gasteiger partial charge in [-0.3, -0.25) is 0 Å². The summed E-state index contributed by atoms with van der Waals surface area (Å²) in [6.07, 6.45) is 0. The maximum atomic E-state index is 2.44. The van der Waals surface area contributed by atoms with E-state index >= 15 is 0 Å². The molecule has 0 bridgehead atoms. The van der Waals surface area contributed by atoms with Crippen LogP contribution in [0.15, 0.2) is 212 Å². The van der Waals surface area contributed by atoms with E-state index in [0.29, 0.717) is 0 Å². The Morgan fingerprint density at radius 3 is 1.67 bits per heavy atom. The average molecular weight is 706 g/mol. The molecule has 54 heavy (non-hydrogen) atoms. The third-order valence-electron chi connectivity index (χ3n) is 10.5. The molecule has 0 fully saturated rings. The molecule has 0 radical (unpaired) electrons. The maximum absolute atomic E-state index is 2.44. The fourth-order valence-corrected chi connectivity index (χ4v) is 9.07. The Hall–Kier alpha value is -6.74. The maximum Gasteiger partial charge on any atom is 0.0640 e. The quantitative estimate of drug-likeness (QED) is 0.160. The van der Waals surface area contributed by atoms with Crippen LogP contribution in [0.2, 0.25) is 0 Å². The molecule has 0 aliphatic heterocycles. The standard InChI is InChI=1S/C52H35NS/c1-4-14-36(15-5-1)40-28-32-46-41(34-40)20-12-22-44(46)39-26-29-42(30-27-39)53(50-24-13-23-48-47-21-10-11-25-51(47)54-52(48)50)43-31-33-45(37-16-6-2-7-17-37)49(35-43)38-18-8-3-9-19-38/h1-35H. The van der Waals surface area contributed by atoms with Crippen molar-refractivity contribution in [1.82, 2.24) is 0 Å². The van der Waals surface area contributed by atoms with Crippen molar-refractivity contribution in [2.24, 2.45) is 0 Å². The molecule has 0 aliphatic rings. The first kappa shape index (κ1) is 32.0. The van der Waals surface area contributed by atoms with Crippen LogP contribution in [0.4, 0.5) is 17.1 Å². The van der Waals surface area contributed by atoms with Gasteiger partial charge in [-0.1, -0.05) is 170 Å². The lowest BCUT2D eigenvalue weighted by Crippen LogP contribution is -2.10. The molecule has 0 saturated carbocycles. The number of hydrogen-bond donors (Lipinski definition) is 0. The van der Waals surface area contributed by atoms with Crippen LogP contribution in [0.5, 0.6) is 0 Å². The van der Waals surface area contributed by atoms with Gasteiger partial charge in [-0.25, -0.2) is 0 Å². The Kier molecular flexibility index (Phi) is 8.09. The molecule has 1 aromatic heterocycles. The van der Waals surface area contributed by atoms with Gasteiger partial charge in [0, 0.05) is 26.8 Å². The summed E-state index contributed by atoms with van der Waals surface area (Å²) >= 11 is 1.87. The van der Waals surface area contributed by atoms with E-state index in [2.05, 4.69) is 217 Å². The second-order valence-electron chi connectivity index (χ2n) is 13.7. The Balaban J connectivity index is 1.14. The molecule has 9 aromatic carbocycles. The van der Waals surface area contributed by atoms with E-state index in [1.165, 1.54) is 81.1 Å². The summed E-state index contributed by atoms with van der Waals surface area (Å²) in [4.78, 5) is 2.44. The van der Waals surface area contributed by atoms with Crippen LogP contribution in [0.25, 0.3) is 75.5 Å². The fourth-order valence-electron chi connectivity index (χ4n) is 7.87. The van der Waals surface area contributed by atoms with Crippen LogP contribution >= 0.6 is 11.3 Å². The monoisotopic (exact) mass is 705 g/mol. The number of fused-ring (bicyclic) bond motifs is 4. The SMILES string of the molecule is c1ccc(-c2ccc3c(-c4ccc(N(c5ccc(-c6ccccc6)c(-c6ccccc6)c5)c5cccc6c5sc5ccccc56)cc4)cccc3c2)cc1. The highest BCUT2D eigenvalue weighted by Gasteiger charge is 2.20. The smallest absolute Gasteiger partial charge is 0.0640 e. The summed E-state index contributed by atoms with van der Waals surface area (Å²) in [6, 6.07) is 77.1. The van der Waals surface area contributed by atoms with Crippen molar-refractivity contribution in [3.8, 4) is 44.5 Å². The molecule has 1 heterocycles. The van der Waals surface area contributed by atoms with Crippen molar-refractivity contribution in [2.45, 2.75) is 0 Å². The molecular formula is C52H35NS. The molecule has 2 heteroatoms. The molecule has 0 aliphatic carbocycles. The van der Waals surface area contributed by atoms with Gasteiger partial charge in [0.05, 0.1) is 10.4 Å². The minimum atomic E-state index is 1.11. The lowest BCUT2D eigenvalue weighted by atomic mass is 9.93. The largest absolute Gasteiger partial charge is 0.309 e. The van der Waals surface area contributed by atoms with Crippen LogP contribution in [0.3, 0.4) is 0 Å². The van der Waals surface area contributed by atoms with E-state index < -0.39 is 0 Å². The van der Waals surface area contributed by atoms with Crippen LogP contribution in [-0.2, 0) is 0 Å². The van der Waals surface area contributed by atoms with E-state index in [-0.39, 0.29) is 0 Å². The van der Waals surface area contributed by atoms with Gasteiger partial charge >= 0.3 is 0 Å². The van der Waals surface area contributed by atoms with E-state index in [4.69, 9.17) is 0 Å². The predicted octanol–water partition coefficient (Wildman–Crippen LogP) is 15.3. The number of nitrogens with zero attached hydrogens (tertiary/aromatic N) is 1. The van der Waals surface area contributed by atoms with Crippen molar-refractivity contribution >= 4 is 59.3 Å². The van der Waals surface area contributed by atoms with Crippen molar-refractivity contribution < 1.29 is 0 Å². The predicted molar refractivity (Wildman–Crippen MR) is 233 cm³/mol. The molecule has 0 N–H and O–H groups in total. The summed E-state index contributed by atoms with van der Waals surface area (Å²) in [6.45, 7) is 0. The van der Waals surface area contributed by atoms with E-state index in [1.807, 2.05) is 11.3 Å². The van der Waals surface area contributed by atoms with E-state index in [1.54, 1.807) is 0 Å². The minimum Gasteiger partial charge on any atom is -0.309 e. The first-order valence-corrected chi connectivity index (χ1v) is 19.2. The van der Waals surface area contributed by atoms with Crippen molar-refractivity contribution in [1.29, 1.82) is 0 Å². The number of thiophene rings is 1. The van der Waals surface area contributed by atoms with Gasteiger partial charge in [0.15, 0.2) is 0 Å². The zero-order valence-electron chi connectivity index (χ0n) is 29.6. The highest BCUT2D eigenvalue weighted by Crippen LogP contribution is 2.47. The Bertz CT molecular complexity index is 2910. The number of hydrogen-bond acceptors (Lipinski definition) is 2. The lowest BCUT2D eigenvalue weighted by Gasteiger charge is -2.27. The minimum absolute atomic E-state index is 1.11. The summed E-state index contributed by atoms with van der Waals surface area (Å²) < 4.78 is 2.57. The molecule has 0 atom stereocenters. The highest BCUT2D eigenvalue weighted by atomic mass is 32.1. The molecule has 0 amide bonds. The lowest BCUT2D eigenvalue weighted by molar-refractivity contribution is 1.30. The van der Waals surface area contributed by atoms with Gasteiger partial charge in [-0.15, -0.1) is 11.3 Å². The topological polar surface area (TPSA) is 3.24 Å². The molecule has 1 nitrogen and oxygen atoms in total. The second-order valence-corrected chi connectivity index (χ2v) is 14.8. The van der Waals surface area contributed by atoms with Gasteiger partial charge in [-0.2, -0.15) is 0 Å². The van der Waals surface area contributed by atoms with Crippen LogP contribution in [0, 0.1) is 0 Å². The summed E-state index contributed by atoms with van der Waals surface area (Å²) in [5.41, 5.74) is 13.1. The first-order valence-electron chi connectivity index (χ1n) is 18.4. The molecule has 0 spiro atoms. The van der Waals surface area contributed by atoms with Crippen LogP contribution in [0.1, 0.15) is 0 Å². The number of rotatable bonds is 7. The molecule has 10 rings (SSSR count). The zero-order valence-corrected chi connectivity index (χ0v) is 30.4. The van der Waals surface area contributed by atoms with Crippen molar-refractivity contribution in [2.75, 3.05) is 4.90 Å². The van der Waals surface area contributed by atoms with Gasteiger partial charge in [0.1, 0.15) is 0 Å². The van der Waals surface area contributed by atoms with Crippen molar-refractivity contribution in [3.63, 3.8) is 0 Å². The highest BCUT2D eigenvalue weighted by molar-refractivity contribution is 7.26. The normalized spacial score (nSPS) is 11.3. The first-order chi connectivity index (χ1) is 26.8. The average Bonchev–Trinajstić information content (AvgIpc) is 3.64. The number of anilines is 3. The molecule has 0 saturated heterocycles. The summed E-state index contributed by atoms with van der Waals surface area (Å²) in [7, 11) is 0. The zero-order chi connectivity index (χ0) is 35.8. The second kappa shape index (κ2) is 13.7. The third-order valence-corrected chi connectivity index (χ3v) is 11.7. The number of benzene rings is 9. The fraction of sp³-hybridized carbons (Fsp3) is 0. The summed E-state index contributed by atoms with van der Waals surface area (Å²) in [5.74, 6) is 0. The van der Waals surface area contributed by atoms with Gasteiger partial charge < -0.3 is 4.90 Å². The third kappa shape index (κ3) is 5.74. The Labute approximate surface area is 319 Å². The van der Waals surface area contributed by atoms with Crippen molar-refractivity contribution in [3.05, 3.63) is 212 Å². The van der Waals surface area contributed by atoms with Gasteiger partial charge in [0.25, 0.3) is 0 Å². The molecule has 0 unspecified atom stereocenters. The Morgan fingerprint density at radius 1 is 0.315 bits per heavy atom. The van der Waals surface area contributed by atoms with Gasteiger partial charge in [-0.05, 0) is 97.7 Å². The molecule has 10 aromatic rings. The Morgan fingerprint density at radius 2 is 0.907 bits per heavy atom. The van der Waals surface area contributed by atoms with E-state index in [0.717, 1.165) is 11.4 Å². The van der Waals surface area contributed by atoms with E-state index in [9.17, 15) is 0 Å². The van der Waals surface area contributed by atoms with Gasteiger partial charge in [0.2, 0.25) is 0 Å². The molecular weight excluding hydrogens is 671 g/mol. The summed E-state index contributed by atoms with van der Waals surface area (Å²) in [5, 5.41) is 5.07. The van der Waals surface area contributed by atoms with Crippen LogP contribution < -0.4 is 4.90 Å². The van der Waals surface area contributed by atoms with Crippen LogP contribution in [-0.4, -0.2) is 0 Å². The molecule has 254 valence electrons.